The molecule has 7 heteroatoms. The van der Waals surface area contributed by atoms with Gasteiger partial charge in [0.15, 0.2) is 0 Å². The summed E-state index contributed by atoms with van der Waals surface area (Å²) in [6.07, 6.45) is 1.74. The molecular formula is C18H27N3O4. The lowest BCUT2D eigenvalue weighted by molar-refractivity contribution is -0.136. The van der Waals surface area contributed by atoms with Crippen LogP contribution in [-0.2, 0) is 14.3 Å². The summed E-state index contributed by atoms with van der Waals surface area (Å²) in [6.45, 7) is 7.43. The molecule has 0 bridgehead atoms. The Bertz CT molecular complexity index is 542. The topological polar surface area (TPSA) is 79.9 Å². The number of carbonyl (C=O) groups excluding carboxylic acids is 2. The number of nitrogens with zero attached hydrogens (tertiary/aromatic N) is 1. The maximum Gasteiger partial charge on any atom is 0.313 e. The van der Waals surface area contributed by atoms with Crippen molar-refractivity contribution in [3.8, 4) is 5.75 Å². The van der Waals surface area contributed by atoms with Gasteiger partial charge in [0, 0.05) is 25.3 Å². The maximum atomic E-state index is 11.9. The lowest BCUT2D eigenvalue weighted by Gasteiger charge is -2.26. The first kappa shape index (κ1) is 19.2. The Balaban J connectivity index is 1.64. The molecule has 1 fully saturated rings. The summed E-state index contributed by atoms with van der Waals surface area (Å²) in [5.41, 5.74) is 0.567. The molecule has 1 aromatic rings. The second-order valence-electron chi connectivity index (χ2n) is 5.89. The summed E-state index contributed by atoms with van der Waals surface area (Å²) >= 11 is 0. The smallest absolute Gasteiger partial charge is 0.313 e. The van der Waals surface area contributed by atoms with Crippen LogP contribution in [0.1, 0.15) is 19.8 Å². The lowest BCUT2D eigenvalue weighted by atomic mass is 10.3. The molecule has 0 saturated carbocycles. The Hall–Kier alpha value is -2.12. The Morgan fingerprint density at radius 2 is 1.88 bits per heavy atom. The first-order valence-corrected chi connectivity index (χ1v) is 8.81. The molecule has 0 spiro atoms. The summed E-state index contributed by atoms with van der Waals surface area (Å²) in [4.78, 5) is 26.0. The van der Waals surface area contributed by atoms with E-state index in [-0.39, 0.29) is 0 Å². The number of morpholine rings is 1. The van der Waals surface area contributed by atoms with Crippen LogP contribution in [0, 0.1) is 0 Å². The van der Waals surface area contributed by atoms with Gasteiger partial charge in [0.2, 0.25) is 0 Å². The van der Waals surface area contributed by atoms with Gasteiger partial charge in [-0.25, -0.2) is 0 Å². The number of ether oxygens (including phenoxy) is 2. The van der Waals surface area contributed by atoms with Crippen molar-refractivity contribution in [2.24, 2.45) is 0 Å². The molecule has 1 heterocycles. The van der Waals surface area contributed by atoms with E-state index < -0.39 is 11.8 Å². The molecule has 1 aliphatic heterocycles. The van der Waals surface area contributed by atoms with Crippen molar-refractivity contribution in [2.75, 3.05) is 51.3 Å². The van der Waals surface area contributed by atoms with Crippen LogP contribution >= 0.6 is 0 Å². The van der Waals surface area contributed by atoms with Gasteiger partial charge in [-0.1, -0.05) is 6.92 Å². The number of hydrogen-bond donors (Lipinski definition) is 2. The van der Waals surface area contributed by atoms with Gasteiger partial charge < -0.3 is 20.1 Å². The first-order chi connectivity index (χ1) is 12.2. The third-order valence-corrected chi connectivity index (χ3v) is 3.83. The fourth-order valence-electron chi connectivity index (χ4n) is 2.45. The Kier molecular flexibility index (Phi) is 8.21. The fourth-order valence-corrected chi connectivity index (χ4v) is 2.45. The highest BCUT2D eigenvalue weighted by molar-refractivity contribution is 6.39. The second-order valence-corrected chi connectivity index (χ2v) is 5.89. The quantitative estimate of drug-likeness (QED) is 0.545. The predicted octanol–water partition coefficient (Wildman–Crippen LogP) is 1.25. The van der Waals surface area contributed by atoms with Gasteiger partial charge in [0.1, 0.15) is 5.75 Å². The van der Waals surface area contributed by atoms with E-state index in [9.17, 15) is 9.59 Å². The van der Waals surface area contributed by atoms with Gasteiger partial charge in [0.25, 0.3) is 0 Å². The average molecular weight is 349 g/mol. The van der Waals surface area contributed by atoms with Crippen LogP contribution in [0.4, 0.5) is 5.69 Å². The standard InChI is InChI=1S/C18H27N3O4/c1-2-12-25-16-6-4-15(5-7-16)20-18(23)17(22)19-8-3-9-21-10-13-24-14-11-21/h4-7H,2-3,8-14H2,1H3,(H,19,22)(H,20,23). The molecule has 7 nitrogen and oxygen atoms in total. The number of benzene rings is 1. The lowest BCUT2D eigenvalue weighted by Crippen LogP contribution is -2.39. The summed E-state index contributed by atoms with van der Waals surface area (Å²) in [5.74, 6) is -0.533. The summed E-state index contributed by atoms with van der Waals surface area (Å²) in [5, 5.41) is 5.23. The number of rotatable bonds is 8. The number of carbonyl (C=O) groups is 2. The van der Waals surface area contributed by atoms with Crippen LogP contribution in [-0.4, -0.2) is 62.7 Å². The molecule has 1 saturated heterocycles. The number of nitrogens with one attached hydrogen (secondary N) is 2. The summed E-state index contributed by atoms with van der Waals surface area (Å²) < 4.78 is 10.8. The summed E-state index contributed by atoms with van der Waals surface area (Å²) in [7, 11) is 0. The van der Waals surface area contributed by atoms with E-state index in [1.807, 2.05) is 6.92 Å². The Labute approximate surface area is 148 Å². The molecule has 0 aromatic heterocycles. The van der Waals surface area contributed by atoms with Crippen molar-refractivity contribution < 1.29 is 19.1 Å². The van der Waals surface area contributed by atoms with Crippen molar-refractivity contribution in [2.45, 2.75) is 19.8 Å². The highest BCUT2D eigenvalue weighted by atomic mass is 16.5. The molecule has 2 amide bonds. The van der Waals surface area contributed by atoms with Crippen LogP contribution < -0.4 is 15.4 Å². The van der Waals surface area contributed by atoms with Gasteiger partial charge in [0.05, 0.1) is 19.8 Å². The van der Waals surface area contributed by atoms with Gasteiger partial charge in [-0.05, 0) is 43.7 Å². The predicted molar refractivity (Wildman–Crippen MR) is 95.7 cm³/mol. The number of anilines is 1. The zero-order valence-corrected chi connectivity index (χ0v) is 14.8. The van der Waals surface area contributed by atoms with E-state index >= 15 is 0 Å². The molecule has 1 aromatic carbocycles. The van der Waals surface area contributed by atoms with Crippen LogP contribution in [0.3, 0.4) is 0 Å². The van der Waals surface area contributed by atoms with Gasteiger partial charge >= 0.3 is 11.8 Å². The third-order valence-electron chi connectivity index (χ3n) is 3.83. The van der Waals surface area contributed by atoms with Crippen molar-refractivity contribution >= 4 is 17.5 Å². The monoisotopic (exact) mass is 349 g/mol. The molecule has 2 N–H and O–H groups in total. The molecule has 0 atom stereocenters. The minimum Gasteiger partial charge on any atom is -0.494 e. The zero-order valence-electron chi connectivity index (χ0n) is 14.8. The van der Waals surface area contributed by atoms with Crippen LogP contribution in [0.25, 0.3) is 0 Å². The molecule has 0 aliphatic carbocycles. The van der Waals surface area contributed by atoms with Crippen LogP contribution in [0.5, 0.6) is 5.75 Å². The van der Waals surface area contributed by atoms with Crippen molar-refractivity contribution in [1.29, 1.82) is 0 Å². The SMILES string of the molecule is CCCOc1ccc(NC(=O)C(=O)NCCCN2CCOCC2)cc1. The van der Waals surface area contributed by atoms with Crippen LogP contribution in [0.15, 0.2) is 24.3 Å². The third kappa shape index (κ3) is 7.11. The van der Waals surface area contributed by atoms with Crippen molar-refractivity contribution in [3.63, 3.8) is 0 Å². The maximum absolute atomic E-state index is 11.9. The minimum atomic E-state index is -0.659. The van der Waals surface area contributed by atoms with Crippen LogP contribution in [0.2, 0.25) is 0 Å². The normalized spacial score (nSPS) is 14.8. The molecule has 0 radical (unpaired) electrons. The van der Waals surface area contributed by atoms with E-state index in [0.717, 1.165) is 51.4 Å². The first-order valence-electron chi connectivity index (χ1n) is 8.81. The molecule has 2 rings (SSSR count). The minimum absolute atomic E-state index is 0.480. The zero-order chi connectivity index (χ0) is 17.9. The van der Waals surface area contributed by atoms with E-state index in [2.05, 4.69) is 15.5 Å². The molecular weight excluding hydrogens is 322 g/mol. The van der Waals surface area contributed by atoms with Crippen molar-refractivity contribution in [3.05, 3.63) is 24.3 Å². The number of hydrogen-bond acceptors (Lipinski definition) is 5. The van der Waals surface area contributed by atoms with Gasteiger partial charge in [-0.2, -0.15) is 0 Å². The molecule has 1 aliphatic rings. The molecule has 138 valence electrons. The average Bonchev–Trinajstić information content (AvgIpc) is 2.65. The van der Waals surface area contributed by atoms with E-state index in [0.29, 0.717) is 18.8 Å². The Morgan fingerprint density at radius 3 is 2.56 bits per heavy atom. The molecule has 25 heavy (non-hydrogen) atoms. The fraction of sp³-hybridized carbons (Fsp3) is 0.556. The largest absolute Gasteiger partial charge is 0.494 e. The second kappa shape index (κ2) is 10.7. The van der Waals surface area contributed by atoms with Gasteiger partial charge in [-0.15, -0.1) is 0 Å². The number of amides is 2. The van der Waals surface area contributed by atoms with Gasteiger partial charge in [-0.3, -0.25) is 14.5 Å². The molecule has 0 unspecified atom stereocenters. The van der Waals surface area contributed by atoms with E-state index in [1.165, 1.54) is 0 Å². The highest BCUT2D eigenvalue weighted by Crippen LogP contribution is 2.15. The van der Waals surface area contributed by atoms with E-state index in [1.54, 1.807) is 24.3 Å². The highest BCUT2D eigenvalue weighted by Gasteiger charge is 2.14. The van der Waals surface area contributed by atoms with E-state index in [4.69, 9.17) is 9.47 Å². The summed E-state index contributed by atoms with van der Waals surface area (Å²) in [6, 6.07) is 6.97. The Morgan fingerprint density at radius 1 is 1.16 bits per heavy atom. The van der Waals surface area contributed by atoms with Crippen molar-refractivity contribution in [1.82, 2.24) is 10.2 Å².